The number of benzene rings is 1. The minimum atomic E-state index is 0.305. The van der Waals surface area contributed by atoms with Crippen LogP contribution in [0, 0.1) is 11.3 Å². The average molecular weight is 380 g/mol. The Labute approximate surface area is 161 Å². The van der Waals surface area contributed by atoms with E-state index in [1.165, 1.54) is 0 Å². The van der Waals surface area contributed by atoms with E-state index in [2.05, 4.69) is 26.1 Å². The fraction of sp³-hybridized carbons (Fsp3) is 0.400. The fourth-order valence-corrected chi connectivity index (χ4v) is 4.02. The SMILES string of the molecule is N#Cc1cnc2ccc(Cl)cc2c1N1CCC(c2noc(C3CC3)n2)CC1. The molecule has 27 heavy (non-hydrogen) atoms. The third-order valence-corrected chi connectivity index (χ3v) is 5.72. The second-order valence-corrected chi connectivity index (χ2v) is 7.76. The van der Waals surface area contributed by atoms with Gasteiger partial charge in [0.2, 0.25) is 5.89 Å². The summed E-state index contributed by atoms with van der Waals surface area (Å²) in [5.41, 5.74) is 2.36. The molecule has 136 valence electrons. The molecule has 0 spiro atoms. The Hall–Kier alpha value is -2.65. The van der Waals surface area contributed by atoms with Gasteiger partial charge in [-0.05, 0) is 43.9 Å². The first-order chi connectivity index (χ1) is 13.2. The van der Waals surface area contributed by atoms with Crippen LogP contribution in [0.4, 0.5) is 5.69 Å². The van der Waals surface area contributed by atoms with Crippen LogP contribution < -0.4 is 4.90 Å². The zero-order chi connectivity index (χ0) is 18.4. The van der Waals surface area contributed by atoms with Crippen LogP contribution in [0.3, 0.4) is 0 Å². The average Bonchev–Trinajstić information content (AvgIpc) is 3.44. The number of aromatic nitrogens is 3. The summed E-state index contributed by atoms with van der Waals surface area (Å²) in [6.07, 6.45) is 5.83. The van der Waals surface area contributed by atoms with Crippen LogP contribution in [0.1, 0.15) is 54.8 Å². The minimum Gasteiger partial charge on any atom is -0.370 e. The summed E-state index contributed by atoms with van der Waals surface area (Å²) in [6.45, 7) is 1.66. The summed E-state index contributed by atoms with van der Waals surface area (Å²) in [7, 11) is 0. The number of fused-ring (bicyclic) bond motifs is 1. The Morgan fingerprint density at radius 3 is 2.70 bits per heavy atom. The van der Waals surface area contributed by atoms with Crippen LogP contribution in [0.15, 0.2) is 28.9 Å². The van der Waals surface area contributed by atoms with Crippen LogP contribution >= 0.6 is 11.6 Å². The number of halogens is 1. The molecule has 7 heteroatoms. The molecular formula is C20H18ClN5O. The van der Waals surface area contributed by atoms with Crippen molar-refractivity contribution in [1.29, 1.82) is 5.26 Å². The molecule has 1 aliphatic carbocycles. The summed E-state index contributed by atoms with van der Waals surface area (Å²) >= 11 is 6.21. The highest BCUT2D eigenvalue weighted by molar-refractivity contribution is 6.31. The first-order valence-corrected chi connectivity index (χ1v) is 9.67. The molecular weight excluding hydrogens is 362 g/mol. The number of anilines is 1. The maximum absolute atomic E-state index is 9.59. The molecule has 2 aliphatic rings. The standard InChI is InChI=1S/C20H18ClN5O/c21-15-3-4-17-16(9-15)18(14(10-22)11-23-17)26-7-5-12(6-8-26)19-24-20(27-25-19)13-1-2-13/h3-4,9,11-13H,1-2,5-8H2. The molecule has 2 fully saturated rings. The van der Waals surface area contributed by atoms with E-state index in [0.29, 0.717) is 22.4 Å². The van der Waals surface area contributed by atoms with Crippen LogP contribution in [-0.2, 0) is 0 Å². The maximum Gasteiger partial charge on any atom is 0.229 e. The number of nitriles is 1. The fourth-order valence-electron chi connectivity index (χ4n) is 3.84. The zero-order valence-electron chi connectivity index (χ0n) is 14.7. The van der Waals surface area contributed by atoms with Crippen molar-refractivity contribution in [2.24, 2.45) is 0 Å². The molecule has 3 aromatic rings. The van der Waals surface area contributed by atoms with E-state index in [9.17, 15) is 5.26 Å². The Bertz CT molecular complexity index is 1040. The van der Waals surface area contributed by atoms with E-state index in [-0.39, 0.29) is 0 Å². The molecule has 0 unspecified atom stereocenters. The minimum absolute atomic E-state index is 0.305. The quantitative estimate of drug-likeness (QED) is 0.670. The largest absolute Gasteiger partial charge is 0.370 e. The van der Waals surface area contributed by atoms with Gasteiger partial charge >= 0.3 is 0 Å². The van der Waals surface area contributed by atoms with Crippen molar-refractivity contribution in [2.75, 3.05) is 18.0 Å². The summed E-state index contributed by atoms with van der Waals surface area (Å²) < 4.78 is 5.42. The van der Waals surface area contributed by atoms with Gasteiger partial charge in [0, 0.05) is 41.5 Å². The number of hydrogen-bond acceptors (Lipinski definition) is 6. The maximum atomic E-state index is 9.59. The lowest BCUT2D eigenvalue weighted by Crippen LogP contribution is -2.34. The van der Waals surface area contributed by atoms with Gasteiger partial charge in [0.05, 0.1) is 16.8 Å². The van der Waals surface area contributed by atoms with E-state index in [1.54, 1.807) is 6.20 Å². The summed E-state index contributed by atoms with van der Waals surface area (Å²) in [6, 6.07) is 7.90. The van der Waals surface area contributed by atoms with Gasteiger partial charge in [-0.15, -0.1) is 0 Å². The van der Waals surface area contributed by atoms with E-state index in [4.69, 9.17) is 16.1 Å². The second-order valence-electron chi connectivity index (χ2n) is 7.32. The van der Waals surface area contributed by atoms with Crippen molar-refractivity contribution in [3.8, 4) is 6.07 Å². The third kappa shape index (κ3) is 3.02. The van der Waals surface area contributed by atoms with Gasteiger partial charge in [0.15, 0.2) is 5.82 Å². The highest BCUT2D eigenvalue weighted by Crippen LogP contribution is 2.40. The van der Waals surface area contributed by atoms with Gasteiger partial charge in [0.25, 0.3) is 0 Å². The number of rotatable bonds is 3. The monoisotopic (exact) mass is 379 g/mol. The van der Waals surface area contributed by atoms with Crippen LogP contribution in [-0.4, -0.2) is 28.2 Å². The number of piperidine rings is 1. The van der Waals surface area contributed by atoms with E-state index in [1.807, 2.05) is 18.2 Å². The molecule has 1 saturated heterocycles. The van der Waals surface area contributed by atoms with Crippen LogP contribution in [0.25, 0.3) is 10.9 Å². The van der Waals surface area contributed by atoms with Gasteiger partial charge in [-0.2, -0.15) is 10.2 Å². The predicted octanol–water partition coefficient (Wildman–Crippen LogP) is 4.40. The highest BCUT2D eigenvalue weighted by atomic mass is 35.5. The molecule has 6 nitrogen and oxygen atoms in total. The second kappa shape index (κ2) is 6.50. The molecule has 0 bridgehead atoms. The molecule has 1 aromatic carbocycles. The lowest BCUT2D eigenvalue weighted by atomic mass is 9.95. The normalized spacial score (nSPS) is 18.0. The molecule has 0 N–H and O–H groups in total. The van der Waals surface area contributed by atoms with Crippen molar-refractivity contribution in [3.63, 3.8) is 0 Å². The number of pyridine rings is 1. The van der Waals surface area contributed by atoms with Crippen molar-refractivity contribution in [1.82, 2.24) is 15.1 Å². The lowest BCUT2D eigenvalue weighted by molar-refractivity contribution is 0.365. The van der Waals surface area contributed by atoms with Crippen molar-refractivity contribution >= 4 is 28.2 Å². The number of nitrogens with zero attached hydrogens (tertiary/aromatic N) is 5. The van der Waals surface area contributed by atoms with E-state index < -0.39 is 0 Å². The van der Waals surface area contributed by atoms with E-state index >= 15 is 0 Å². The highest BCUT2D eigenvalue weighted by Gasteiger charge is 2.32. The molecule has 0 atom stereocenters. The van der Waals surface area contributed by atoms with Crippen molar-refractivity contribution < 1.29 is 4.52 Å². The van der Waals surface area contributed by atoms with Gasteiger partial charge in [-0.3, -0.25) is 4.98 Å². The molecule has 0 amide bonds. The molecule has 2 aromatic heterocycles. The van der Waals surface area contributed by atoms with Crippen molar-refractivity contribution in [2.45, 2.75) is 37.5 Å². The zero-order valence-corrected chi connectivity index (χ0v) is 15.5. The molecule has 5 rings (SSSR count). The van der Waals surface area contributed by atoms with Gasteiger partial charge in [-0.1, -0.05) is 16.8 Å². The third-order valence-electron chi connectivity index (χ3n) is 5.48. The lowest BCUT2D eigenvalue weighted by Gasteiger charge is -2.33. The van der Waals surface area contributed by atoms with Crippen molar-refractivity contribution in [3.05, 3.63) is 46.7 Å². The molecule has 1 saturated carbocycles. The predicted molar refractivity (Wildman–Crippen MR) is 102 cm³/mol. The Balaban J connectivity index is 1.41. The number of hydrogen-bond donors (Lipinski definition) is 0. The smallest absolute Gasteiger partial charge is 0.229 e. The van der Waals surface area contributed by atoms with E-state index in [0.717, 1.165) is 67.1 Å². The van der Waals surface area contributed by atoms with Gasteiger partial charge < -0.3 is 9.42 Å². The first-order valence-electron chi connectivity index (χ1n) is 9.30. The van der Waals surface area contributed by atoms with Crippen LogP contribution in [0.2, 0.25) is 5.02 Å². The van der Waals surface area contributed by atoms with Gasteiger partial charge in [0.1, 0.15) is 6.07 Å². The molecule has 3 heterocycles. The Morgan fingerprint density at radius 2 is 1.96 bits per heavy atom. The summed E-state index contributed by atoms with van der Waals surface area (Å²) in [5.74, 6) is 2.42. The molecule has 1 aliphatic heterocycles. The Kier molecular flexibility index (Phi) is 3.98. The summed E-state index contributed by atoms with van der Waals surface area (Å²) in [4.78, 5) is 11.3. The Morgan fingerprint density at radius 1 is 1.15 bits per heavy atom. The first kappa shape index (κ1) is 16.5. The topological polar surface area (TPSA) is 78.8 Å². The van der Waals surface area contributed by atoms with Gasteiger partial charge in [-0.25, -0.2) is 0 Å². The van der Waals surface area contributed by atoms with Crippen LogP contribution in [0.5, 0.6) is 0 Å². The summed E-state index contributed by atoms with van der Waals surface area (Å²) in [5, 5.41) is 15.4. The molecule has 0 radical (unpaired) electrons.